The van der Waals surface area contributed by atoms with Gasteiger partial charge in [-0.05, 0) is 37.1 Å². The Kier molecular flexibility index (Phi) is 4.49. The van der Waals surface area contributed by atoms with Crippen LogP contribution in [-0.2, 0) is 4.79 Å². The normalized spacial score (nSPS) is 8.79. The Labute approximate surface area is 82.4 Å². The second kappa shape index (κ2) is 5.11. The lowest BCUT2D eigenvalue weighted by atomic mass is 10.1. The predicted molar refractivity (Wildman–Crippen MR) is 52.6 cm³/mol. The topological polar surface area (TPSA) is 77.8 Å². The van der Waals surface area contributed by atoms with Gasteiger partial charge in [-0.15, -0.1) is 0 Å². The molecular weight excluding hydrogens is 184 g/mol. The van der Waals surface area contributed by atoms with Gasteiger partial charge in [-0.3, -0.25) is 4.79 Å². The molecule has 0 fully saturated rings. The average Bonchev–Trinajstić information content (AvgIpc) is 2.00. The van der Waals surface area contributed by atoms with Crippen LogP contribution >= 0.6 is 0 Å². The first-order chi connectivity index (χ1) is 6.34. The highest BCUT2D eigenvalue weighted by Gasteiger charge is 1.99. The van der Waals surface area contributed by atoms with E-state index < -0.39 is 5.97 Å². The summed E-state index contributed by atoms with van der Waals surface area (Å²) in [5.74, 6) is -0.370. The molecule has 0 saturated heterocycles. The van der Waals surface area contributed by atoms with Gasteiger partial charge in [0.1, 0.15) is 11.5 Å². The molecule has 1 aromatic rings. The van der Waals surface area contributed by atoms with Crippen molar-refractivity contribution >= 4 is 5.97 Å². The smallest absolute Gasteiger partial charge is 0.300 e. The first kappa shape index (κ1) is 12.3. The zero-order chi connectivity index (χ0) is 11.3. The summed E-state index contributed by atoms with van der Waals surface area (Å²) in [6.07, 6.45) is 0. The highest BCUT2D eigenvalue weighted by atomic mass is 16.4. The SMILES string of the molecule is CC(=O)O.Cc1cc(O)c(C)cc1O. The van der Waals surface area contributed by atoms with Crippen molar-refractivity contribution in [3.8, 4) is 11.5 Å². The molecule has 0 amide bonds. The average molecular weight is 198 g/mol. The molecule has 0 unspecified atom stereocenters. The van der Waals surface area contributed by atoms with Crippen LogP contribution in [0.1, 0.15) is 18.1 Å². The predicted octanol–water partition coefficient (Wildman–Crippen LogP) is 1.81. The Morgan fingerprint density at radius 1 is 1.07 bits per heavy atom. The third-order valence-electron chi connectivity index (χ3n) is 1.51. The number of benzene rings is 1. The van der Waals surface area contributed by atoms with E-state index in [2.05, 4.69) is 0 Å². The van der Waals surface area contributed by atoms with Crippen LogP contribution < -0.4 is 0 Å². The number of carboxylic acids is 1. The standard InChI is InChI=1S/C8H10O2.C2H4O2/c1-5-3-8(10)6(2)4-7(5)9;1-2(3)4/h3-4,9-10H,1-2H3;1H3,(H,3,4). The second-order valence-corrected chi connectivity index (χ2v) is 2.94. The molecule has 0 spiro atoms. The summed E-state index contributed by atoms with van der Waals surface area (Å²) in [6.45, 7) is 4.57. The molecule has 0 aliphatic carbocycles. The number of hydrogen-bond donors (Lipinski definition) is 3. The van der Waals surface area contributed by atoms with Gasteiger partial charge in [-0.25, -0.2) is 0 Å². The van der Waals surface area contributed by atoms with Crippen LogP contribution in [0.2, 0.25) is 0 Å². The third kappa shape index (κ3) is 4.35. The van der Waals surface area contributed by atoms with Crippen LogP contribution in [0.5, 0.6) is 11.5 Å². The van der Waals surface area contributed by atoms with Crippen molar-refractivity contribution < 1.29 is 20.1 Å². The monoisotopic (exact) mass is 198 g/mol. The van der Waals surface area contributed by atoms with E-state index in [0.29, 0.717) is 11.1 Å². The molecule has 1 rings (SSSR count). The van der Waals surface area contributed by atoms with Gasteiger partial charge in [0.2, 0.25) is 0 Å². The first-order valence-corrected chi connectivity index (χ1v) is 4.03. The van der Waals surface area contributed by atoms with Gasteiger partial charge in [-0.1, -0.05) is 0 Å². The van der Waals surface area contributed by atoms with Crippen molar-refractivity contribution in [2.75, 3.05) is 0 Å². The van der Waals surface area contributed by atoms with Crippen LogP contribution in [0.15, 0.2) is 12.1 Å². The maximum absolute atomic E-state index is 9.11. The third-order valence-corrected chi connectivity index (χ3v) is 1.51. The van der Waals surface area contributed by atoms with E-state index in [1.165, 1.54) is 0 Å². The Hall–Kier alpha value is -1.71. The number of carbonyl (C=O) groups is 1. The largest absolute Gasteiger partial charge is 0.508 e. The van der Waals surface area contributed by atoms with Crippen molar-refractivity contribution in [2.24, 2.45) is 0 Å². The highest BCUT2D eigenvalue weighted by molar-refractivity contribution is 5.62. The number of aromatic hydroxyl groups is 2. The summed E-state index contributed by atoms with van der Waals surface area (Å²) < 4.78 is 0. The van der Waals surface area contributed by atoms with Gasteiger partial charge in [-0.2, -0.15) is 0 Å². The lowest BCUT2D eigenvalue weighted by Crippen LogP contribution is -1.78. The maximum atomic E-state index is 9.11. The number of phenols is 2. The van der Waals surface area contributed by atoms with E-state index in [9.17, 15) is 0 Å². The molecule has 0 atom stereocenters. The maximum Gasteiger partial charge on any atom is 0.300 e. The Morgan fingerprint density at radius 2 is 1.29 bits per heavy atom. The van der Waals surface area contributed by atoms with E-state index in [1.807, 2.05) is 0 Å². The van der Waals surface area contributed by atoms with Crippen LogP contribution in [-0.4, -0.2) is 21.3 Å². The zero-order valence-electron chi connectivity index (χ0n) is 8.40. The molecule has 14 heavy (non-hydrogen) atoms. The summed E-state index contributed by atoms with van der Waals surface area (Å²) in [4.78, 5) is 9.00. The van der Waals surface area contributed by atoms with Gasteiger partial charge in [0.25, 0.3) is 5.97 Å². The van der Waals surface area contributed by atoms with Crippen LogP contribution in [0, 0.1) is 13.8 Å². The minimum absolute atomic E-state index is 0.232. The van der Waals surface area contributed by atoms with Crippen molar-refractivity contribution in [1.82, 2.24) is 0 Å². The molecule has 0 saturated carbocycles. The fourth-order valence-electron chi connectivity index (χ4n) is 0.786. The summed E-state index contributed by atoms with van der Waals surface area (Å²) in [5.41, 5.74) is 1.39. The number of rotatable bonds is 0. The molecule has 0 bridgehead atoms. The Bertz CT molecular complexity index is 277. The van der Waals surface area contributed by atoms with Crippen LogP contribution in [0.3, 0.4) is 0 Å². The number of carboxylic acid groups (broad SMARTS) is 1. The quantitative estimate of drug-likeness (QED) is 0.555. The minimum atomic E-state index is -0.833. The Morgan fingerprint density at radius 3 is 1.50 bits per heavy atom. The molecular formula is C10H14O4. The molecule has 0 aliphatic heterocycles. The van der Waals surface area contributed by atoms with E-state index in [4.69, 9.17) is 20.1 Å². The van der Waals surface area contributed by atoms with Gasteiger partial charge in [0, 0.05) is 6.92 Å². The number of phenolic OH excluding ortho intramolecular Hbond substituents is 2. The van der Waals surface area contributed by atoms with Crippen LogP contribution in [0.25, 0.3) is 0 Å². The lowest BCUT2D eigenvalue weighted by molar-refractivity contribution is -0.134. The van der Waals surface area contributed by atoms with Gasteiger partial charge < -0.3 is 15.3 Å². The molecule has 0 radical (unpaired) electrons. The van der Waals surface area contributed by atoms with Crippen molar-refractivity contribution in [3.63, 3.8) is 0 Å². The molecule has 1 aromatic carbocycles. The molecule has 3 N–H and O–H groups in total. The minimum Gasteiger partial charge on any atom is -0.508 e. The number of aryl methyl sites for hydroxylation is 2. The molecule has 0 heterocycles. The van der Waals surface area contributed by atoms with Gasteiger partial charge in [0.05, 0.1) is 0 Å². The first-order valence-electron chi connectivity index (χ1n) is 4.03. The molecule has 78 valence electrons. The van der Waals surface area contributed by atoms with Crippen molar-refractivity contribution in [1.29, 1.82) is 0 Å². The highest BCUT2D eigenvalue weighted by Crippen LogP contribution is 2.24. The summed E-state index contributed by atoms with van der Waals surface area (Å²) >= 11 is 0. The van der Waals surface area contributed by atoms with Gasteiger partial charge >= 0.3 is 0 Å². The fraction of sp³-hybridized carbons (Fsp3) is 0.300. The van der Waals surface area contributed by atoms with E-state index in [1.54, 1.807) is 26.0 Å². The Balaban J connectivity index is 0.000000364. The van der Waals surface area contributed by atoms with E-state index in [0.717, 1.165) is 6.92 Å². The van der Waals surface area contributed by atoms with Gasteiger partial charge in [0.15, 0.2) is 0 Å². The van der Waals surface area contributed by atoms with Crippen molar-refractivity contribution in [2.45, 2.75) is 20.8 Å². The summed E-state index contributed by atoms with van der Waals surface area (Å²) in [6, 6.07) is 3.09. The zero-order valence-corrected chi connectivity index (χ0v) is 8.40. The molecule has 0 aliphatic rings. The fourth-order valence-corrected chi connectivity index (χ4v) is 0.786. The number of aliphatic carboxylic acids is 1. The van der Waals surface area contributed by atoms with E-state index in [-0.39, 0.29) is 11.5 Å². The van der Waals surface area contributed by atoms with Crippen molar-refractivity contribution in [3.05, 3.63) is 23.3 Å². The molecule has 4 nitrogen and oxygen atoms in total. The second-order valence-electron chi connectivity index (χ2n) is 2.94. The summed E-state index contributed by atoms with van der Waals surface area (Å²) in [5, 5.41) is 25.6. The lowest BCUT2D eigenvalue weighted by Gasteiger charge is -2.01. The molecule has 4 heteroatoms. The summed E-state index contributed by atoms with van der Waals surface area (Å²) in [7, 11) is 0. The number of hydrogen-bond acceptors (Lipinski definition) is 3. The van der Waals surface area contributed by atoms with E-state index >= 15 is 0 Å². The molecule has 0 aromatic heterocycles. The van der Waals surface area contributed by atoms with Crippen LogP contribution in [0.4, 0.5) is 0 Å².